The Balaban J connectivity index is 2.19. The van der Waals surface area contributed by atoms with Crippen LogP contribution in [0.5, 0.6) is 0 Å². The molecule has 1 aromatic carbocycles. The lowest BCUT2D eigenvalue weighted by atomic mass is 10.1. The number of pyridine rings is 1. The number of nitrogens with zero attached hydrogens (tertiary/aromatic N) is 3. The zero-order valence-corrected chi connectivity index (χ0v) is 15.4. The molecule has 0 spiro atoms. The standard InChI is InChI=1S/C21H20ClN3O/c1-2-11-25-15-24-19-8-6-4-3-5-7-16(13-18(19)21(25)26)12-17-9-10-20(22)23-14-17/h3-10,13-15H,2,11-12H2,1H3. The van der Waals surface area contributed by atoms with Crippen LogP contribution in [-0.4, -0.2) is 14.5 Å². The molecule has 0 unspecified atom stereocenters. The first-order valence-electron chi connectivity index (χ1n) is 8.59. The van der Waals surface area contributed by atoms with Crippen molar-refractivity contribution < 1.29 is 0 Å². The van der Waals surface area contributed by atoms with Crippen LogP contribution in [0.2, 0.25) is 5.15 Å². The molecule has 2 aromatic heterocycles. The van der Waals surface area contributed by atoms with Gasteiger partial charge in [0.2, 0.25) is 0 Å². The van der Waals surface area contributed by atoms with Gasteiger partial charge in [0, 0.05) is 12.7 Å². The van der Waals surface area contributed by atoms with Gasteiger partial charge in [-0.15, -0.1) is 0 Å². The summed E-state index contributed by atoms with van der Waals surface area (Å²) < 4.78 is 1.66. The third-order valence-corrected chi connectivity index (χ3v) is 4.22. The summed E-state index contributed by atoms with van der Waals surface area (Å²) >= 11 is 5.87. The Hall–Kier alpha value is -2.72. The summed E-state index contributed by atoms with van der Waals surface area (Å²) in [6, 6.07) is 17.2. The molecule has 0 aliphatic heterocycles. The molecule has 0 bridgehead atoms. The lowest BCUT2D eigenvalue weighted by molar-refractivity contribution is 0.648. The molecule has 0 fully saturated rings. The highest BCUT2D eigenvalue weighted by Gasteiger charge is 2.03. The number of rotatable bonds is 4. The van der Waals surface area contributed by atoms with Crippen molar-refractivity contribution >= 4 is 22.5 Å². The van der Waals surface area contributed by atoms with Crippen LogP contribution in [0, 0.1) is 0 Å². The van der Waals surface area contributed by atoms with Crippen LogP contribution < -0.4 is 5.56 Å². The predicted molar refractivity (Wildman–Crippen MR) is 106 cm³/mol. The largest absolute Gasteiger partial charge is 0.299 e. The predicted octanol–water partition coefficient (Wildman–Crippen LogP) is 4.57. The van der Waals surface area contributed by atoms with Crippen LogP contribution >= 0.6 is 11.6 Å². The molecule has 132 valence electrons. The smallest absolute Gasteiger partial charge is 0.261 e. The zero-order valence-electron chi connectivity index (χ0n) is 14.6. The molecule has 2 heterocycles. The van der Waals surface area contributed by atoms with Crippen molar-refractivity contribution in [2.45, 2.75) is 26.3 Å². The van der Waals surface area contributed by atoms with E-state index in [0.29, 0.717) is 29.0 Å². The number of hydrogen-bond donors (Lipinski definition) is 0. The Bertz CT molecular complexity index is 1010. The second-order valence-corrected chi connectivity index (χ2v) is 6.42. The van der Waals surface area contributed by atoms with Crippen molar-refractivity contribution in [3.8, 4) is 0 Å². The first kappa shape index (κ1) is 18.1. The minimum Gasteiger partial charge on any atom is -0.299 e. The molecule has 0 aliphatic rings. The molecule has 0 radical (unpaired) electrons. The van der Waals surface area contributed by atoms with E-state index in [1.54, 1.807) is 23.2 Å². The second kappa shape index (κ2) is 8.59. The maximum Gasteiger partial charge on any atom is 0.261 e. The van der Waals surface area contributed by atoms with Crippen molar-refractivity contribution in [3.05, 3.63) is 93.8 Å². The van der Waals surface area contributed by atoms with E-state index in [2.05, 4.69) is 9.97 Å². The van der Waals surface area contributed by atoms with Gasteiger partial charge in [-0.05, 0) is 42.2 Å². The summed E-state index contributed by atoms with van der Waals surface area (Å²) in [5.41, 5.74) is 2.69. The minimum atomic E-state index is -0.0221. The highest BCUT2D eigenvalue weighted by molar-refractivity contribution is 6.29. The van der Waals surface area contributed by atoms with Crippen LogP contribution in [0.15, 0.2) is 71.9 Å². The van der Waals surface area contributed by atoms with Crippen LogP contribution in [0.3, 0.4) is 0 Å². The highest BCUT2D eigenvalue weighted by Crippen LogP contribution is 2.12. The molecule has 5 heteroatoms. The normalized spacial score (nSPS) is 10.5. The molecule has 26 heavy (non-hydrogen) atoms. The Morgan fingerprint density at radius 2 is 1.81 bits per heavy atom. The third kappa shape index (κ3) is 4.46. The molecular weight excluding hydrogens is 346 g/mol. The SMILES string of the molecule is CCCn1cnc2ccccccc(Cc3ccc(Cl)nc3)cc2c1=O. The van der Waals surface area contributed by atoms with Crippen LogP contribution in [-0.2, 0) is 13.0 Å². The lowest BCUT2D eigenvalue weighted by Gasteiger charge is -2.05. The lowest BCUT2D eigenvalue weighted by Crippen LogP contribution is -2.20. The van der Waals surface area contributed by atoms with Crippen LogP contribution in [0.4, 0.5) is 0 Å². The molecule has 0 atom stereocenters. The quantitative estimate of drug-likeness (QED) is 0.636. The molecule has 4 nitrogen and oxygen atoms in total. The number of fused-ring (bicyclic) bond motifs is 1. The Morgan fingerprint density at radius 3 is 2.54 bits per heavy atom. The average molecular weight is 366 g/mol. The number of aryl methyl sites for hydroxylation is 1. The summed E-state index contributed by atoms with van der Waals surface area (Å²) in [6.45, 7) is 2.70. The molecule has 3 rings (SSSR count). The van der Waals surface area contributed by atoms with Crippen molar-refractivity contribution in [1.29, 1.82) is 0 Å². The molecular formula is C21H20ClN3O. The van der Waals surface area contributed by atoms with E-state index in [0.717, 1.165) is 17.5 Å². The van der Waals surface area contributed by atoms with E-state index in [4.69, 9.17) is 11.6 Å². The topological polar surface area (TPSA) is 47.8 Å². The van der Waals surface area contributed by atoms with E-state index in [9.17, 15) is 4.79 Å². The van der Waals surface area contributed by atoms with Gasteiger partial charge in [0.1, 0.15) is 5.15 Å². The molecule has 0 saturated carbocycles. The van der Waals surface area contributed by atoms with Crippen molar-refractivity contribution in [3.63, 3.8) is 0 Å². The number of hydrogen-bond acceptors (Lipinski definition) is 3. The molecule has 0 amide bonds. The van der Waals surface area contributed by atoms with Crippen LogP contribution in [0.25, 0.3) is 10.9 Å². The zero-order chi connectivity index (χ0) is 18.4. The summed E-state index contributed by atoms with van der Waals surface area (Å²) in [6.07, 6.45) is 4.91. The van der Waals surface area contributed by atoms with E-state index < -0.39 is 0 Å². The fourth-order valence-corrected chi connectivity index (χ4v) is 2.84. The monoisotopic (exact) mass is 365 g/mol. The molecule has 0 saturated heterocycles. The summed E-state index contributed by atoms with van der Waals surface area (Å²) in [7, 11) is 0. The van der Waals surface area contributed by atoms with E-state index >= 15 is 0 Å². The first-order chi connectivity index (χ1) is 12.7. The minimum absolute atomic E-state index is 0.0221. The van der Waals surface area contributed by atoms with Gasteiger partial charge in [0.05, 0.1) is 17.2 Å². The number of aromatic nitrogens is 3. The maximum atomic E-state index is 12.9. The van der Waals surface area contributed by atoms with Gasteiger partial charge in [0.25, 0.3) is 5.56 Å². The van der Waals surface area contributed by atoms with Crippen molar-refractivity contribution in [2.75, 3.05) is 0 Å². The van der Waals surface area contributed by atoms with Gasteiger partial charge in [-0.1, -0.05) is 54.9 Å². The Kier molecular flexibility index (Phi) is 5.97. The Labute approximate surface area is 157 Å². The average Bonchev–Trinajstić information content (AvgIpc) is 2.64. The van der Waals surface area contributed by atoms with Gasteiger partial charge in [-0.3, -0.25) is 9.36 Å². The fraction of sp³-hybridized carbons (Fsp3) is 0.190. The van der Waals surface area contributed by atoms with Crippen LogP contribution in [0.1, 0.15) is 24.5 Å². The molecule has 0 aliphatic carbocycles. The Morgan fingerprint density at radius 1 is 1.00 bits per heavy atom. The van der Waals surface area contributed by atoms with Gasteiger partial charge >= 0.3 is 0 Å². The van der Waals surface area contributed by atoms with E-state index in [1.807, 2.05) is 55.5 Å². The summed E-state index contributed by atoms with van der Waals surface area (Å²) in [5, 5.41) is 1.07. The summed E-state index contributed by atoms with van der Waals surface area (Å²) in [4.78, 5) is 21.5. The van der Waals surface area contributed by atoms with E-state index in [-0.39, 0.29) is 5.56 Å². The van der Waals surface area contributed by atoms with Crippen molar-refractivity contribution in [1.82, 2.24) is 14.5 Å². The van der Waals surface area contributed by atoms with Gasteiger partial charge in [-0.25, -0.2) is 9.97 Å². The first-order valence-corrected chi connectivity index (χ1v) is 8.97. The van der Waals surface area contributed by atoms with E-state index in [1.165, 1.54) is 0 Å². The molecule has 3 aromatic rings. The van der Waals surface area contributed by atoms with Gasteiger partial charge < -0.3 is 0 Å². The third-order valence-electron chi connectivity index (χ3n) is 3.99. The van der Waals surface area contributed by atoms with Gasteiger partial charge in [-0.2, -0.15) is 0 Å². The number of halogens is 1. The highest BCUT2D eigenvalue weighted by atomic mass is 35.5. The fourth-order valence-electron chi connectivity index (χ4n) is 2.73. The maximum absolute atomic E-state index is 12.9. The van der Waals surface area contributed by atoms with Crippen molar-refractivity contribution in [2.24, 2.45) is 0 Å². The summed E-state index contributed by atoms with van der Waals surface area (Å²) in [5.74, 6) is 0. The second-order valence-electron chi connectivity index (χ2n) is 6.03. The molecule has 0 N–H and O–H groups in total. The van der Waals surface area contributed by atoms with Gasteiger partial charge in [0.15, 0.2) is 0 Å².